The molecule has 34 heavy (non-hydrogen) atoms. The number of carbonyl (C=O) groups is 1. The van der Waals surface area contributed by atoms with Crippen molar-refractivity contribution in [3.63, 3.8) is 0 Å². The minimum Gasteiger partial charge on any atom is -0.464 e. The quantitative estimate of drug-likeness (QED) is 0.466. The first kappa shape index (κ1) is 25.0. The average molecular weight is 506 g/mol. The molecular weight excluding hydrogens is 490 g/mol. The fourth-order valence-corrected chi connectivity index (χ4v) is 2.84. The normalized spacial score (nSPS) is 12.5. The molecule has 1 atom stereocenters. The van der Waals surface area contributed by atoms with E-state index in [2.05, 4.69) is 25.4 Å². The Bertz CT molecular complexity index is 1280. The zero-order valence-electron chi connectivity index (χ0n) is 17.5. The topological polar surface area (TPSA) is 137 Å². The zero-order chi connectivity index (χ0) is 25.2. The molecule has 0 unspecified atom stereocenters. The van der Waals surface area contributed by atoms with Crippen molar-refractivity contribution < 1.29 is 32.2 Å². The van der Waals surface area contributed by atoms with Gasteiger partial charge in [0.15, 0.2) is 34.5 Å². The van der Waals surface area contributed by atoms with E-state index in [9.17, 15) is 32.3 Å². The van der Waals surface area contributed by atoms with Crippen molar-refractivity contribution in [2.24, 2.45) is 0 Å². The Balaban J connectivity index is 2.14. The molecule has 1 amide bonds. The number of carbonyl (C=O) groups excluding carboxylic acids is 1. The van der Waals surface area contributed by atoms with E-state index in [0.717, 1.165) is 4.57 Å². The number of amides is 1. The van der Waals surface area contributed by atoms with Gasteiger partial charge in [-0.3, -0.25) is 9.36 Å². The van der Waals surface area contributed by atoms with E-state index in [0.29, 0.717) is 17.7 Å². The number of aliphatic hydroxyl groups is 1. The lowest BCUT2D eigenvalue weighted by atomic mass is 10.2. The monoisotopic (exact) mass is 505 g/mol. The summed E-state index contributed by atoms with van der Waals surface area (Å²) < 4.78 is 60.6. The molecule has 182 valence electrons. The van der Waals surface area contributed by atoms with E-state index in [-0.39, 0.29) is 23.3 Å². The Morgan fingerprint density at radius 2 is 2.00 bits per heavy atom. The number of aromatic nitrogens is 6. The summed E-state index contributed by atoms with van der Waals surface area (Å²) in [5.41, 5.74) is -1.67. The molecule has 0 aromatic carbocycles. The van der Waals surface area contributed by atoms with Crippen LogP contribution in [-0.4, -0.2) is 52.6 Å². The number of ether oxygens (including phenoxy) is 1. The Labute approximate surface area is 193 Å². The van der Waals surface area contributed by atoms with Gasteiger partial charge in [0.2, 0.25) is 5.88 Å². The Kier molecular flexibility index (Phi) is 7.16. The van der Waals surface area contributed by atoms with E-state index in [1.54, 1.807) is 6.92 Å². The molecule has 16 heteroatoms. The summed E-state index contributed by atoms with van der Waals surface area (Å²) in [7, 11) is 0. The smallest absolute Gasteiger partial charge is 0.425 e. The van der Waals surface area contributed by atoms with Gasteiger partial charge in [0.25, 0.3) is 5.91 Å². The molecule has 0 aliphatic heterocycles. The number of hydrogen-bond donors (Lipinski definition) is 2. The van der Waals surface area contributed by atoms with Gasteiger partial charge in [-0.25, -0.2) is 19.2 Å². The molecule has 3 aromatic rings. The zero-order valence-corrected chi connectivity index (χ0v) is 18.2. The van der Waals surface area contributed by atoms with Gasteiger partial charge in [0.05, 0.1) is 0 Å². The van der Waals surface area contributed by atoms with Crippen LogP contribution in [0.4, 0.5) is 23.4 Å². The van der Waals surface area contributed by atoms with Crippen molar-refractivity contribution in [1.82, 2.24) is 29.3 Å². The van der Waals surface area contributed by atoms with Crippen LogP contribution in [0.25, 0.3) is 5.82 Å². The summed E-state index contributed by atoms with van der Waals surface area (Å²) in [5.74, 6) is -4.62. The number of pyridine rings is 1. The first-order valence-electron chi connectivity index (χ1n) is 9.49. The van der Waals surface area contributed by atoms with Gasteiger partial charge in [-0.1, -0.05) is 11.6 Å². The van der Waals surface area contributed by atoms with Crippen molar-refractivity contribution in [2.75, 3.05) is 5.32 Å². The highest BCUT2D eigenvalue weighted by Crippen LogP contribution is 2.28. The summed E-state index contributed by atoms with van der Waals surface area (Å²) in [6.45, 7) is 1.59. The summed E-state index contributed by atoms with van der Waals surface area (Å²) in [6, 6.07) is 0.524. The molecule has 0 saturated heterocycles. The number of alkyl halides is 3. The minimum atomic E-state index is -4.86. The predicted octanol–water partition coefficient (Wildman–Crippen LogP) is 2.11. The lowest BCUT2D eigenvalue weighted by Crippen LogP contribution is -2.33. The van der Waals surface area contributed by atoms with Crippen LogP contribution in [-0.2, 0) is 13.2 Å². The third-order valence-corrected chi connectivity index (χ3v) is 4.68. The largest absolute Gasteiger partial charge is 0.464 e. The molecule has 3 heterocycles. The Hall–Kier alpha value is -3.59. The fourth-order valence-electron chi connectivity index (χ4n) is 2.69. The van der Waals surface area contributed by atoms with Crippen LogP contribution < -0.4 is 15.7 Å². The van der Waals surface area contributed by atoms with Crippen molar-refractivity contribution in [2.45, 2.75) is 39.3 Å². The lowest BCUT2D eigenvalue weighted by molar-refractivity contribution is -0.190. The maximum Gasteiger partial charge on any atom is 0.425 e. The van der Waals surface area contributed by atoms with E-state index >= 15 is 0 Å². The predicted molar refractivity (Wildman–Crippen MR) is 108 cm³/mol. The lowest BCUT2D eigenvalue weighted by Gasteiger charge is -2.19. The van der Waals surface area contributed by atoms with Crippen LogP contribution in [0.15, 0.2) is 23.3 Å². The molecule has 3 rings (SSSR count). The van der Waals surface area contributed by atoms with Crippen molar-refractivity contribution in [3.8, 4) is 11.7 Å². The van der Waals surface area contributed by atoms with Gasteiger partial charge in [-0.15, -0.1) is 5.10 Å². The van der Waals surface area contributed by atoms with Crippen LogP contribution in [0.1, 0.15) is 30.0 Å². The molecule has 3 aromatic heterocycles. The Morgan fingerprint density at radius 1 is 1.32 bits per heavy atom. The number of rotatable bonds is 7. The maximum atomic E-state index is 14.9. The molecule has 11 nitrogen and oxygen atoms in total. The number of aliphatic hydroxyl groups excluding tert-OH is 1. The van der Waals surface area contributed by atoms with E-state index in [1.165, 1.54) is 12.4 Å². The maximum absolute atomic E-state index is 14.9. The van der Waals surface area contributed by atoms with Crippen LogP contribution in [0.3, 0.4) is 0 Å². The summed E-state index contributed by atoms with van der Waals surface area (Å²) in [5, 5.41) is 15.1. The van der Waals surface area contributed by atoms with Crippen molar-refractivity contribution >= 4 is 23.3 Å². The van der Waals surface area contributed by atoms with Crippen molar-refractivity contribution in [3.05, 3.63) is 51.3 Å². The molecule has 2 N–H and O–H groups in total. The highest BCUT2D eigenvalue weighted by Gasteiger charge is 2.39. The first-order chi connectivity index (χ1) is 16.0. The molecule has 0 aliphatic rings. The van der Waals surface area contributed by atoms with Crippen LogP contribution >= 0.6 is 11.6 Å². The molecule has 0 saturated carbocycles. The van der Waals surface area contributed by atoms with Crippen LogP contribution in [0.5, 0.6) is 5.88 Å². The fraction of sp³-hybridized carbons (Fsp3) is 0.333. The second kappa shape index (κ2) is 9.72. The second-order valence-corrected chi connectivity index (χ2v) is 6.97. The third-order valence-electron chi connectivity index (χ3n) is 4.40. The van der Waals surface area contributed by atoms with Crippen LogP contribution in [0.2, 0.25) is 5.15 Å². The Morgan fingerprint density at radius 3 is 2.56 bits per heavy atom. The number of nitrogens with zero attached hydrogens (tertiary/aromatic N) is 6. The molecule has 0 fully saturated rings. The van der Waals surface area contributed by atoms with Gasteiger partial charge in [0, 0.05) is 18.9 Å². The standard InChI is InChI=1S/C18H16ClF4N7O4/c1-3-29-11(7-31)28-30(17(29)33)14-10(20)6-9(16(27-14)34-8(2)18(21,22)23)15(32)26-13-12(19)24-4-5-25-13/h4-6,8,31H,3,7H2,1-2H3,(H,25,26,32)/t8-/m0/s1. The molecule has 0 spiro atoms. The molecule has 0 bridgehead atoms. The summed E-state index contributed by atoms with van der Waals surface area (Å²) in [4.78, 5) is 36.3. The number of anilines is 1. The van der Waals surface area contributed by atoms with Crippen LogP contribution in [0, 0.1) is 5.82 Å². The SMILES string of the molecule is CCn1c(CO)nn(-c2nc(O[C@@H](C)C(F)(F)F)c(C(=O)Nc3nccnc3Cl)cc2F)c1=O. The molecular formula is C18H16ClF4N7O4. The first-order valence-corrected chi connectivity index (χ1v) is 9.87. The molecule has 0 radical (unpaired) electrons. The number of nitrogens with one attached hydrogen (secondary N) is 1. The van der Waals surface area contributed by atoms with E-state index in [4.69, 9.17) is 16.3 Å². The summed E-state index contributed by atoms with van der Waals surface area (Å²) in [6.07, 6.45) is -4.91. The van der Waals surface area contributed by atoms with E-state index < -0.39 is 53.6 Å². The van der Waals surface area contributed by atoms with Gasteiger partial charge in [-0.05, 0) is 19.9 Å². The number of hydrogen-bond acceptors (Lipinski definition) is 8. The van der Waals surface area contributed by atoms with E-state index in [1.807, 2.05) is 0 Å². The average Bonchev–Trinajstić information content (AvgIpc) is 3.10. The second-order valence-electron chi connectivity index (χ2n) is 6.61. The highest BCUT2D eigenvalue weighted by atomic mass is 35.5. The van der Waals surface area contributed by atoms with Crippen molar-refractivity contribution in [1.29, 1.82) is 0 Å². The summed E-state index contributed by atoms with van der Waals surface area (Å²) >= 11 is 5.81. The van der Waals surface area contributed by atoms with Gasteiger partial charge in [0.1, 0.15) is 12.2 Å². The highest BCUT2D eigenvalue weighted by molar-refractivity contribution is 6.32. The van der Waals surface area contributed by atoms with Gasteiger partial charge < -0.3 is 15.2 Å². The van der Waals surface area contributed by atoms with Gasteiger partial charge in [-0.2, -0.15) is 22.8 Å². The number of halogens is 5. The minimum absolute atomic E-state index is 0.0597. The third kappa shape index (κ3) is 4.99. The molecule has 0 aliphatic carbocycles. The van der Waals surface area contributed by atoms with Gasteiger partial charge >= 0.3 is 11.9 Å².